The van der Waals surface area contributed by atoms with Crippen molar-refractivity contribution < 1.29 is 9.50 Å². The van der Waals surface area contributed by atoms with Crippen LogP contribution in [-0.2, 0) is 13.0 Å². The minimum atomic E-state index is -0.268. The molecule has 0 aliphatic heterocycles. The number of phenols is 1. The largest absolute Gasteiger partial charge is 0.506 e. The van der Waals surface area contributed by atoms with Gasteiger partial charge in [0.15, 0.2) is 0 Å². The maximum Gasteiger partial charge on any atom is 0.134 e. The molecule has 2 aromatic carbocycles. The van der Waals surface area contributed by atoms with E-state index in [0.717, 1.165) is 35.3 Å². The highest BCUT2D eigenvalue weighted by atomic mass is 35.5. The number of rotatable bonds is 4. The first kappa shape index (κ1) is 19.0. The molecule has 0 spiro atoms. The van der Waals surface area contributed by atoms with Gasteiger partial charge in [0.25, 0.3) is 0 Å². The van der Waals surface area contributed by atoms with Crippen LogP contribution in [0.4, 0.5) is 4.39 Å². The van der Waals surface area contributed by atoms with Gasteiger partial charge < -0.3 is 10.4 Å². The van der Waals surface area contributed by atoms with E-state index in [9.17, 15) is 9.50 Å². The molecule has 0 fully saturated rings. The van der Waals surface area contributed by atoms with Crippen LogP contribution in [-0.4, -0.2) is 14.9 Å². The lowest BCUT2D eigenvalue weighted by atomic mass is 9.74. The first-order valence-corrected chi connectivity index (χ1v) is 9.74. The quantitative estimate of drug-likeness (QED) is 0.636. The number of fused-ring (bicyclic) bond motifs is 1. The van der Waals surface area contributed by atoms with E-state index in [1.807, 2.05) is 23.0 Å². The Labute approximate surface area is 169 Å². The van der Waals surface area contributed by atoms with Gasteiger partial charge in [-0.3, -0.25) is 0 Å². The fourth-order valence-electron chi connectivity index (χ4n) is 3.96. The zero-order valence-electron chi connectivity index (χ0n) is 15.9. The van der Waals surface area contributed by atoms with Crippen molar-refractivity contribution >= 4 is 11.6 Å². The van der Waals surface area contributed by atoms with Gasteiger partial charge in [-0.2, -0.15) is 5.10 Å². The molecule has 0 radical (unpaired) electrons. The van der Waals surface area contributed by atoms with Crippen LogP contribution < -0.4 is 5.32 Å². The predicted octanol–water partition coefficient (Wildman–Crippen LogP) is 5.17. The van der Waals surface area contributed by atoms with Gasteiger partial charge in [-0.1, -0.05) is 37.6 Å². The van der Waals surface area contributed by atoms with Gasteiger partial charge in [0.2, 0.25) is 0 Å². The van der Waals surface area contributed by atoms with E-state index in [4.69, 9.17) is 11.6 Å². The van der Waals surface area contributed by atoms with E-state index in [1.54, 1.807) is 18.2 Å². The zero-order chi connectivity index (χ0) is 19.9. The monoisotopic (exact) mass is 399 g/mol. The second-order valence-electron chi connectivity index (χ2n) is 8.20. The Morgan fingerprint density at radius 2 is 2.11 bits per heavy atom. The predicted molar refractivity (Wildman–Crippen MR) is 108 cm³/mol. The summed E-state index contributed by atoms with van der Waals surface area (Å²) >= 11 is 6.02. The van der Waals surface area contributed by atoms with Crippen molar-refractivity contribution in [3.8, 4) is 11.4 Å². The molecule has 3 aromatic rings. The van der Waals surface area contributed by atoms with Crippen molar-refractivity contribution in [3.63, 3.8) is 0 Å². The highest BCUT2D eigenvalue weighted by Gasteiger charge is 2.35. The lowest BCUT2D eigenvalue weighted by Gasteiger charge is -2.36. The van der Waals surface area contributed by atoms with Crippen LogP contribution in [0.2, 0.25) is 5.02 Å². The van der Waals surface area contributed by atoms with E-state index in [0.29, 0.717) is 11.6 Å². The zero-order valence-corrected chi connectivity index (χ0v) is 16.7. The number of phenolic OH excluding ortho intramolecular Hbond substituents is 1. The van der Waals surface area contributed by atoms with Gasteiger partial charge in [-0.25, -0.2) is 9.07 Å². The normalized spacial score (nSPS) is 18.1. The number of hydrogen-bond acceptors (Lipinski definition) is 3. The lowest BCUT2D eigenvalue weighted by molar-refractivity contribution is 0.253. The van der Waals surface area contributed by atoms with Crippen LogP contribution in [0.1, 0.15) is 43.1 Å². The molecule has 4 rings (SSSR count). The first-order chi connectivity index (χ1) is 13.3. The van der Waals surface area contributed by atoms with Gasteiger partial charge in [-0.15, -0.1) is 0 Å². The minimum absolute atomic E-state index is 0.0857. The van der Waals surface area contributed by atoms with Crippen LogP contribution in [0, 0.1) is 11.2 Å². The molecule has 0 amide bonds. The van der Waals surface area contributed by atoms with Crippen molar-refractivity contribution in [2.45, 2.75) is 39.3 Å². The fourth-order valence-corrected chi connectivity index (χ4v) is 4.16. The van der Waals surface area contributed by atoms with Crippen molar-refractivity contribution in [2.75, 3.05) is 0 Å². The summed E-state index contributed by atoms with van der Waals surface area (Å²) in [5, 5.41) is 18.1. The summed E-state index contributed by atoms with van der Waals surface area (Å²) in [6, 6.07) is 11.9. The highest BCUT2D eigenvalue weighted by Crippen LogP contribution is 2.41. The Morgan fingerprint density at radius 1 is 1.29 bits per heavy atom. The van der Waals surface area contributed by atoms with Gasteiger partial charge >= 0.3 is 0 Å². The Balaban J connectivity index is 1.63. The van der Waals surface area contributed by atoms with Gasteiger partial charge in [0, 0.05) is 23.8 Å². The second-order valence-corrected chi connectivity index (χ2v) is 8.61. The third kappa shape index (κ3) is 3.77. The summed E-state index contributed by atoms with van der Waals surface area (Å²) in [4.78, 5) is 0. The topological polar surface area (TPSA) is 50.1 Å². The molecule has 0 saturated carbocycles. The van der Waals surface area contributed by atoms with E-state index in [-0.39, 0.29) is 23.0 Å². The Morgan fingerprint density at radius 3 is 2.86 bits per heavy atom. The van der Waals surface area contributed by atoms with Gasteiger partial charge in [-0.05, 0) is 54.2 Å². The maximum absolute atomic E-state index is 13.7. The molecule has 4 nitrogen and oxygen atoms in total. The summed E-state index contributed by atoms with van der Waals surface area (Å²) in [5.41, 5.74) is 4.09. The maximum atomic E-state index is 13.7. The van der Waals surface area contributed by atoms with Gasteiger partial charge in [0.1, 0.15) is 11.6 Å². The van der Waals surface area contributed by atoms with Crippen molar-refractivity contribution in [3.05, 3.63) is 76.3 Å². The summed E-state index contributed by atoms with van der Waals surface area (Å²) < 4.78 is 15.6. The smallest absolute Gasteiger partial charge is 0.134 e. The number of hydrogen-bond donors (Lipinski definition) is 2. The van der Waals surface area contributed by atoms with Crippen molar-refractivity contribution in [1.29, 1.82) is 0 Å². The Bertz CT molecular complexity index is 1010. The van der Waals surface area contributed by atoms with E-state index < -0.39 is 0 Å². The molecule has 2 N–H and O–H groups in total. The molecule has 0 bridgehead atoms. The number of nitrogens with zero attached hydrogens (tertiary/aromatic N) is 2. The molecule has 1 aromatic heterocycles. The number of benzene rings is 2. The van der Waals surface area contributed by atoms with E-state index in [2.05, 4.69) is 24.3 Å². The third-order valence-electron chi connectivity index (χ3n) is 5.30. The number of aromatic hydroxyl groups is 1. The minimum Gasteiger partial charge on any atom is -0.506 e. The van der Waals surface area contributed by atoms with Crippen LogP contribution in [0.3, 0.4) is 0 Å². The molecule has 1 unspecified atom stereocenters. The lowest BCUT2D eigenvalue weighted by Crippen LogP contribution is -2.33. The number of nitrogens with one attached hydrogen (secondary N) is 1. The van der Waals surface area contributed by atoms with Crippen LogP contribution >= 0.6 is 11.6 Å². The summed E-state index contributed by atoms with van der Waals surface area (Å²) in [7, 11) is 0. The molecular formula is C22H23ClFN3O. The molecule has 146 valence electrons. The molecular weight excluding hydrogens is 377 g/mol. The molecule has 28 heavy (non-hydrogen) atoms. The molecule has 6 heteroatoms. The first-order valence-electron chi connectivity index (χ1n) is 9.36. The Hall–Kier alpha value is -2.37. The second kappa shape index (κ2) is 7.22. The van der Waals surface area contributed by atoms with E-state index >= 15 is 0 Å². The summed E-state index contributed by atoms with van der Waals surface area (Å²) in [6.45, 7) is 5.11. The standard InChI is InChI=1S/C22H23ClFN3O/c1-22(2)10-19(25-12-14-6-7-21(28)18(23)8-14)17-13-26-27(20(17)11-22)16-5-3-4-15(24)9-16/h3-9,13,19,25,28H,10-12H2,1-2H3. The van der Waals surface area contributed by atoms with Crippen LogP contribution in [0.15, 0.2) is 48.7 Å². The van der Waals surface area contributed by atoms with Crippen LogP contribution in [0.5, 0.6) is 5.75 Å². The highest BCUT2D eigenvalue weighted by molar-refractivity contribution is 6.32. The third-order valence-corrected chi connectivity index (χ3v) is 5.60. The van der Waals surface area contributed by atoms with E-state index in [1.165, 1.54) is 12.1 Å². The summed E-state index contributed by atoms with van der Waals surface area (Å²) in [6.07, 6.45) is 3.74. The fraction of sp³-hybridized carbons (Fsp3) is 0.318. The number of halogens is 2. The van der Waals surface area contributed by atoms with Crippen LogP contribution in [0.25, 0.3) is 5.69 Å². The van der Waals surface area contributed by atoms with Crippen molar-refractivity contribution in [2.24, 2.45) is 5.41 Å². The molecule has 1 heterocycles. The summed E-state index contributed by atoms with van der Waals surface area (Å²) in [5.74, 6) is -0.182. The average Bonchev–Trinajstić information content (AvgIpc) is 3.05. The molecule has 1 atom stereocenters. The Kier molecular flexibility index (Phi) is 4.89. The molecule has 1 aliphatic carbocycles. The molecule has 1 aliphatic rings. The van der Waals surface area contributed by atoms with Crippen molar-refractivity contribution in [1.82, 2.24) is 15.1 Å². The van der Waals surface area contributed by atoms with Gasteiger partial charge in [0.05, 0.1) is 16.9 Å². The SMILES string of the molecule is CC1(C)Cc2c(cnn2-c2cccc(F)c2)C(NCc2ccc(O)c(Cl)c2)C1. The average molecular weight is 400 g/mol. The molecule has 0 saturated heterocycles. The number of aromatic nitrogens is 2.